The number of hydrogen-bond donors (Lipinski definition) is 1. The maximum absolute atomic E-state index is 14.1. The lowest BCUT2D eigenvalue weighted by Gasteiger charge is -2.34. The fourth-order valence-corrected chi connectivity index (χ4v) is 5.76. The van der Waals surface area contributed by atoms with Gasteiger partial charge in [0, 0.05) is 17.1 Å². The Balaban J connectivity index is 2.06. The van der Waals surface area contributed by atoms with E-state index in [1.54, 1.807) is 67.8 Å². The molecular weight excluding hydrogens is 550 g/mol. The van der Waals surface area contributed by atoms with Gasteiger partial charge in [0.25, 0.3) is 10.0 Å². The highest BCUT2D eigenvalue weighted by Gasteiger charge is 2.34. The number of amides is 2. The molecule has 0 fully saturated rings. The third-order valence-corrected chi connectivity index (χ3v) is 8.14. The van der Waals surface area contributed by atoms with Crippen LogP contribution >= 0.6 is 11.6 Å². The molecule has 8 nitrogen and oxygen atoms in total. The SMILES string of the molecule is CC[C@@H](C(=O)NC(C)(C)C)N(Cc1cccc(OC)c1)C(=O)CN(c1ccc(Cl)cc1)S(=O)(=O)c1ccccc1. The van der Waals surface area contributed by atoms with Crippen molar-refractivity contribution >= 4 is 39.1 Å². The van der Waals surface area contributed by atoms with Crippen molar-refractivity contribution in [1.82, 2.24) is 10.2 Å². The smallest absolute Gasteiger partial charge is 0.264 e. The van der Waals surface area contributed by atoms with Gasteiger partial charge in [0.05, 0.1) is 17.7 Å². The number of ether oxygens (including phenoxy) is 1. The first-order valence-corrected chi connectivity index (χ1v) is 14.8. The van der Waals surface area contributed by atoms with E-state index in [9.17, 15) is 18.0 Å². The van der Waals surface area contributed by atoms with E-state index in [-0.39, 0.29) is 23.0 Å². The fourth-order valence-electron chi connectivity index (χ4n) is 4.20. The normalized spacial score (nSPS) is 12.3. The molecule has 214 valence electrons. The van der Waals surface area contributed by atoms with Gasteiger partial charge in [-0.3, -0.25) is 13.9 Å². The van der Waals surface area contributed by atoms with Gasteiger partial charge in [-0.05, 0) is 81.3 Å². The summed E-state index contributed by atoms with van der Waals surface area (Å²) >= 11 is 6.07. The van der Waals surface area contributed by atoms with Crippen LogP contribution in [0.15, 0.2) is 83.8 Å². The van der Waals surface area contributed by atoms with Crippen molar-refractivity contribution in [2.75, 3.05) is 18.0 Å². The maximum atomic E-state index is 14.1. The van der Waals surface area contributed by atoms with E-state index in [1.165, 1.54) is 17.0 Å². The molecule has 3 aromatic carbocycles. The van der Waals surface area contributed by atoms with Crippen LogP contribution in [-0.2, 0) is 26.2 Å². The Morgan fingerprint density at radius 2 is 1.62 bits per heavy atom. The van der Waals surface area contributed by atoms with Crippen molar-refractivity contribution in [2.24, 2.45) is 0 Å². The van der Waals surface area contributed by atoms with Gasteiger partial charge >= 0.3 is 0 Å². The number of methoxy groups -OCH3 is 1. The number of hydrogen-bond acceptors (Lipinski definition) is 5. The second-order valence-electron chi connectivity index (χ2n) is 10.3. The van der Waals surface area contributed by atoms with Crippen molar-refractivity contribution < 1.29 is 22.7 Å². The Morgan fingerprint density at radius 3 is 2.20 bits per heavy atom. The summed E-state index contributed by atoms with van der Waals surface area (Å²) in [6.45, 7) is 6.95. The average molecular weight is 586 g/mol. The molecule has 1 N–H and O–H groups in total. The average Bonchev–Trinajstić information content (AvgIpc) is 2.91. The summed E-state index contributed by atoms with van der Waals surface area (Å²) in [4.78, 5) is 28.9. The van der Waals surface area contributed by atoms with E-state index in [4.69, 9.17) is 16.3 Å². The van der Waals surface area contributed by atoms with E-state index in [2.05, 4.69) is 5.32 Å². The largest absolute Gasteiger partial charge is 0.497 e. The van der Waals surface area contributed by atoms with Crippen molar-refractivity contribution in [3.8, 4) is 5.75 Å². The molecule has 0 unspecified atom stereocenters. The van der Waals surface area contributed by atoms with E-state index in [0.29, 0.717) is 17.2 Å². The summed E-state index contributed by atoms with van der Waals surface area (Å²) in [5, 5.41) is 3.38. The summed E-state index contributed by atoms with van der Waals surface area (Å²) in [5.74, 6) is -0.255. The number of nitrogens with zero attached hydrogens (tertiary/aromatic N) is 2. The molecule has 0 bridgehead atoms. The Morgan fingerprint density at radius 1 is 0.975 bits per heavy atom. The van der Waals surface area contributed by atoms with Crippen molar-refractivity contribution in [3.05, 3.63) is 89.4 Å². The third kappa shape index (κ3) is 7.99. The molecule has 0 saturated carbocycles. The molecular formula is C30H36ClN3O5S. The quantitative estimate of drug-likeness (QED) is 0.331. The van der Waals surface area contributed by atoms with E-state index >= 15 is 0 Å². The first kappa shape index (κ1) is 31.0. The van der Waals surface area contributed by atoms with Gasteiger partial charge in [-0.15, -0.1) is 0 Å². The number of anilines is 1. The van der Waals surface area contributed by atoms with E-state index < -0.39 is 34.1 Å². The molecule has 0 spiro atoms. The van der Waals surface area contributed by atoms with Crippen LogP contribution in [0.2, 0.25) is 5.02 Å². The van der Waals surface area contributed by atoms with Crippen molar-refractivity contribution in [2.45, 2.75) is 57.1 Å². The second-order valence-corrected chi connectivity index (χ2v) is 12.6. The molecule has 0 heterocycles. The summed E-state index contributed by atoms with van der Waals surface area (Å²) in [5.41, 5.74) is 0.482. The number of carbonyl (C=O) groups excluding carboxylic acids is 2. The van der Waals surface area contributed by atoms with Crippen LogP contribution in [0.4, 0.5) is 5.69 Å². The van der Waals surface area contributed by atoms with Crippen LogP contribution in [0.1, 0.15) is 39.7 Å². The predicted octanol–water partition coefficient (Wildman–Crippen LogP) is 5.27. The highest BCUT2D eigenvalue weighted by molar-refractivity contribution is 7.92. The highest BCUT2D eigenvalue weighted by atomic mass is 35.5. The molecule has 1 atom stereocenters. The van der Waals surface area contributed by atoms with Gasteiger partial charge in [-0.1, -0.05) is 48.9 Å². The van der Waals surface area contributed by atoms with Crippen LogP contribution in [0.3, 0.4) is 0 Å². The summed E-state index contributed by atoms with van der Waals surface area (Å²) < 4.78 is 34.0. The number of nitrogens with one attached hydrogen (secondary N) is 1. The number of sulfonamides is 1. The number of halogens is 1. The van der Waals surface area contributed by atoms with Crippen LogP contribution in [-0.4, -0.2) is 50.4 Å². The molecule has 2 amide bonds. The lowest BCUT2D eigenvalue weighted by Crippen LogP contribution is -2.55. The minimum absolute atomic E-state index is 0.0367. The lowest BCUT2D eigenvalue weighted by molar-refractivity contribution is -0.141. The summed E-state index contributed by atoms with van der Waals surface area (Å²) in [6, 6.07) is 20.5. The molecule has 0 aliphatic heterocycles. The number of benzene rings is 3. The molecule has 0 saturated heterocycles. The molecule has 0 radical (unpaired) electrons. The Labute approximate surface area is 241 Å². The van der Waals surface area contributed by atoms with Crippen LogP contribution in [0.25, 0.3) is 0 Å². The number of carbonyl (C=O) groups is 2. The topological polar surface area (TPSA) is 96.0 Å². The molecule has 0 aliphatic carbocycles. The molecule has 3 rings (SSSR count). The Bertz CT molecular complexity index is 1410. The lowest BCUT2D eigenvalue weighted by atomic mass is 10.1. The van der Waals surface area contributed by atoms with Crippen LogP contribution < -0.4 is 14.4 Å². The molecule has 0 aliphatic rings. The molecule has 10 heteroatoms. The van der Waals surface area contributed by atoms with Crippen LogP contribution in [0, 0.1) is 0 Å². The molecule has 3 aromatic rings. The van der Waals surface area contributed by atoms with Gasteiger partial charge in [-0.2, -0.15) is 0 Å². The standard InChI is InChI=1S/C30H36ClN3O5S/c1-6-27(29(36)32-30(2,3)4)33(20-22-11-10-12-25(19-22)39-5)28(35)21-34(24-17-15-23(31)16-18-24)40(37,38)26-13-8-7-9-14-26/h7-19,27H,6,20-21H2,1-5H3,(H,32,36)/t27-/m0/s1. The minimum atomic E-state index is -4.14. The molecule has 0 aromatic heterocycles. The third-order valence-electron chi connectivity index (χ3n) is 6.10. The minimum Gasteiger partial charge on any atom is -0.497 e. The zero-order valence-corrected chi connectivity index (χ0v) is 25.0. The van der Waals surface area contributed by atoms with E-state index in [0.717, 1.165) is 9.87 Å². The maximum Gasteiger partial charge on any atom is 0.264 e. The number of rotatable bonds is 11. The first-order valence-electron chi connectivity index (χ1n) is 12.9. The van der Waals surface area contributed by atoms with Crippen molar-refractivity contribution in [3.63, 3.8) is 0 Å². The monoisotopic (exact) mass is 585 g/mol. The second kappa shape index (κ2) is 13.2. The fraction of sp³-hybridized carbons (Fsp3) is 0.333. The van der Waals surface area contributed by atoms with Crippen molar-refractivity contribution in [1.29, 1.82) is 0 Å². The summed E-state index contributed by atoms with van der Waals surface area (Å²) in [6.07, 6.45) is 0.323. The Kier molecular flexibility index (Phi) is 10.2. The summed E-state index contributed by atoms with van der Waals surface area (Å²) in [7, 11) is -2.59. The van der Waals surface area contributed by atoms with Gasteiger partial charge < -0.3 is 15.0 Å². The predicted molar refractivity (Wildman–Crippen MR) is 158 cm³/mol. The van der Waals surface area contributed by atoms with Gasteiger partial charge in [0.15, 0.2) is 0 Å². The van der Waals surface area contributed by atoms with Crippen LogP contribution in [0.5, 0.6) is 5.75 Å². The van der Waals surface area contributed by atoms with Gasteiger partial charge in [0.2, 0.25) is 11.8 Å². The zero-order chi connectivity index (χ0) is 29.5. The first-order chi connectivity index (χ1) is 18.9. The molecule has 40 heavy (non-hydrogen) atoms. The zero-order valence-electron chi connectivity index (χ0n) is 23.4. The highest BCUT2D eigenvalue weighted by Crippen LogP contribution is 2.26. The van der Waals surface area contributed by atoms with Gasteiger partial charge in [-0.25, -0.2) is 8.42 Å². The van der Waals surface area contributed by atoms with Gasteiger partial charge in [0.1, 0.15) is 18.3 Å². The Hall–Kier alpha value is -3.56. The van der Waals surface area contributed by atoms with E-state index in [1.807, 2.05) is 33.8 Å².